The molecule has 2 fully saturated rings. The number of aromatic hydroxyl groups is 2. The van der Waals surface area contributed by atoms with Crippen LogP contribution in [0.1, 0.15) is 42.1 Å². The first-order chi connectivity index (χ1) is 29.5. The van der Waals surface area contributed by atoms with E-state index in [0.29, 0.717) is 68.1 Å². The monoisotopic (exact) mass is 841 g/mol. The summed E-state index contributed by atoms with van der Waals surface area (Å²) < 4.78 is 7.82. The number of carbonyl (C=O) groups is 1. The van der Waals surface area contributed by atoms with Crippen molar-refractivity contribution < 1.29 is 19.7 Å². The van der Waals surface area contributed by atoms with Crippen LogP contribution in [0.3, 0.4) is 0 Å². The number of likely N-dealkylation sites (tertiary alicyclic amines) is 1. The number of anilines is 2. The van der Waals surface area contributed by atoms with E-state index in [0.717, 1.165) is 76.7 Å². The number of amides is 1. The Balaban J connectivity index is 0.874. The highest BCUT2D eigenvalue weighted by Gasteiger charge is 2.31. The van der Waals surface area contributed by atoms with E-state index in [9.17, 15) is 19.8 Å². The summed E-state index contributed by atoms with van der Waals surface area (Å²) in [5.74, 6) is 1.20. The summed E-state index contributed by atoms with van der Waals surface area (Å²) in [6, 6.07) is 23.3. The van der Waals surface area contributed by atoms with E-state index in [1.54, 1.807) is 6.07 Å². The summed E-state index contributed by atoms with van der Waals surface area (Å²) in [4.78, 5) is 44.1. The standard InChI is InChI=1S/C46H48ClN9O5/c1-4-41(59)53-17-19-54(20-18-53)43-33-15-16-55(38-10-6-8-31-7-5-9-36(47)42(31)38)26-37(33)48-45(49-43)61-27-30-24-52(25-30)23-29-11-13-32(14-12-29)56-44(50-51-46(56)60)35-21-34(28(2)3)39(57)22-40(35)58/h4-14,21-22,28,30,57-58H,1,15-20,23-27H2,2-3H3,(H,51,60). The smallest absolute Gasteiger partial charge is 0.348 e. The number of phenolic OH excluding ortho intramolecular Hbond substituents is 2. The lowest BCUT2D eigenvalue weighted by Gasteiger charge is -2.39. The quantitative estimate of drug-likeness (QED) is 0.127. The Morgan fingerprint density at radius 3 is 2.46 bits per heavy atom. The van der Waals surface area contributed by atoms with E-state index in [-0.39, 0.29) is 29.1 Å². The number of halogens is 1. The first kappa shape index (κ1) is 40.0. The van der Waals surface area contributed by atoms with E-state index < -0.39 is 5.69 Å². The van der Waals surface area contributed by atoms with Crippen LogP contribution in [0.25, 0.3) is 27.8 Å². The Bertz CT molecular complexity index is 2680. The maximum Gasteiger partial charge on any atom is 0.348 e. The van der Waals surface area contributed by atoms with Gasteiger partial charge in [0.2, 0.25) is 5.91 Å². The van der Waals surface area contributed by atoms with Crippen LogP contribution in [0.5, 0.6) is 17.5 Å². The number of hydrogen-bond donors (Lipinski definition) is 3. The lowest BCUT2D eigenvalue weighted by atomic mass is 9.98. The third-order valence-corrected chi connectivity index (χ3v) is 12.3. The number of phenols is 2. The Morgan fingerprint density at radius 2 is 1.72 bits per heavy atom. The number of nitrogens with one attached hydrogen (secondary N) is 1. The van der Waals surface area contributed by atoms with Gasteiger partial charge in [0, 0.05) is 81.0 Å². The number of aromatic nitrogens is 5. The van der Waals surface area contributed by atoms with Gasteiger partial charge in [0.25, 0.3) is 0 Å². The summed E-state index contributed by atoms with van der Waals surface area (Å²) in [5.41, 5.74) is 5.38. The number of carbonyl (C=O) groups excluding carboxylic acids is 1. The number of benzene rings is 4. The fourth-order valence-corrected chi connectivity index (χ4v) is 9.07. The molecule has 4 aromatic carbocycles. The average Bonchev–Trinajstić information content (AvgIpc) is 3.64. The maximum atomic E-state index is 12.9. The highest BCUT2D eigenvalue weighted by Crippen LogP contribution is 2.39. The number of ether oxygens (including phenoxy) is 1. The Kier molecular flexibility index (Phi) is 10.9. The summed E-state index contributed by atoms with van der Waals surface area (Å²) in [5, 5.41) is 30.6. The third kappa shape index (κ3) is 7.88. The molecule has 0 saturated carbocycles. The lowest BCUT2D eigenvalue weighted by molar-refractivity contribution is -0.126. The molecule has 3 N–H and O–H groups in total. The zero-order chi connectivity index (χ0) is 42.4. The van der Waals surface area contributed by atoms with Gasteiger partial charge in [-0.2, -0.15) is 15.1 Å². The van der Waals surface area contributed by atoms with Crippen molar-refractivity contribution >= 4 is 39.8 Å². The van der Waals surface area contributed by atoms with Gasteiger partial charge in [-0.05, 0) is 65.3 Å². The van der Waals surface area contributed by atoms with Crippen molar-refractivity contribution in [2.75, 3.05) is 62.2 Å². The Morgan fingerprint density at radius 1 is 0.967 bits per heavy atom. The number of H-pyrrole nitrogens is 1. The second-order valence-electron chi connectivity index (χ2n) is 16.4. The van der Waals surface area contributed by atoms with E-state index in [1.165, 1.54) is 16.7 Å². The van der Waals surface area contributed by atoms with Crippen molar-refractivity contribution in [2.24, 2.45) is 5.92 Å². The molecule has 15 heteroatoms. The fourth-order valence-electron chi connectivity index (χ4n) is 8.79. The SMILES string of the molecule is C=CC(=O)N1CCN(c2nc(OCC3CN(Cc4ccc(-n5c(-c6cc(C(C)C)c(O)cc6O)n[nH]c5=O)cc4)C3)nc3c2CCN(c2cccc4cccc(Cl)c24)C3)CC1. The largest absolute Gasteiger partial charge is 0.508 e. The number of fused-ring (bicyclic) bond motifs is 2. The molecular formula is C46H48ClN9O5. The van der Waals surface area contributed by atoms with Crippen molar-refractivity contribution in [2.45, 2.75) is 39.3 Å². The predicted octanol–water partition coefficient (Wildman–Crippen LogP) is 6.27. The molecule has 6 aromatic rings. The Hall–Kier alpha value is -6.38. The maximum absolute atomic E-state index is 12.9. The van der Waals surface area contributed by atoms with Crippen LogP contribution in [-0.2, 0) is 24.3 Å². The molecule has 0 atom stereocenters. The van der Waals surface area contributed by atoms with Gasteiger partial charge < -0.3 is 29.6 Å². The number of hydrogen-bond acceptors (Lipinski definition) is 11. The zero-order valence-corrected chi connectivity index (χ0v) is 35.0. The predicted molar refractivity (Wildman–Crippen MR) is 236 cm³/mol. The number of piperazine rings is 1. The van der Waals surface area contributed by atoms with Crippen molar-refractivity contribution in [1.82, 2.24) is 34.5 Å². The van der Waals surface area contributed by atoms with E-state index in [1.807, 2.05) is 55.1 Å². The summed E-state index contributed by atoms with van der Waals surface area (Å²) >= 11 is 6.75. The van der Waals surface area contributed by atoms with Crippen LogP contribution < -0.4 is 20.2 Å². The van der Waals surface area contributed by atoms with Gasteiger partial charge in [0.15, 0.2) is 5.82 Å². The number of aromatic amines is 1. The first-order valence-corrected chi connectivity index (χ1v) is 21.1. The molecule has 0 aliphatic carbocycles. The highest BCUT2D eigenvalue weighted by atomic mass is 35.5. The van der Waals surface area contributed by atoms with Crippen LogP contribution in [0.2, 0.25) is 5.02 Å². The van der Waals surface area contributed by atoms with Gasteiger partial charge in [-0.1, -0.05) is 68.4 Å². The van der Waals surface area contributed by atoms with E-state index in [4.69, 9.17) is 26.3 Å². The zero-order valence-electron chi connectivity index (χ0n) is 34.2. The van der Waals surface area contributed by atoms with E-state index in [2.05, 4.69) is 55.7 Å². The number of rotatable bonds is 11. The van der Waals surface area contributed by atoms with Gasteiger partial charge in [-0.15, -0.1) is 0 Å². The molecule has 3 aliphatic heterocycles. The van der Waals surface area contributed by atoms with Gasteiger partial charge >= 0.3 is 11.7 Å². The fraction of sp³-hybridized carbons (Fsp3) is 0.326. The topological polar surface area (TPSA) is 156 Å². The van der Waals surface area contributed by atoms with E-state index >= 15 is 0 Å². The molecule has 3 aliphatic rings. The highest BCUT2D eigenvalue weighted by molar-refractivity contribution is 6.36. The Labute approximate surface area is 358 Å². The minimum absolute atomic E-state index is 0.00134. The minimum Gasteiger partial charge on any atom is -0.508 e. The average molecular weight is 842 g/mol. The summed E-state index contributed by atoms with van der Waals surface area (Å²) in [6.07, 6.45) is 2.13. The lowest BCUT2D eigenvalue weighted by Crippen LogP contribution is -2.49. The molecule has 5 heterocycles. The van der Waals surface area contributed by atoms with Crippen molar-refractivity contribution in [1.29, 1.82) is 0 Å². The molecule has 61 heavy (non-hydrogen) atoms. The molecule has 9 rings (SSSR count). The van der Waals surface area contributed by atoms with Crippen molar-refractivity contribution in [3.05, 3.63) is 123 Å². The molecular weight excluding hydrogens is 794 g/mol. The third-order valence-electron chi connectivity index (χ3n) is 12.0. The molecule has 2 aromatic heterocycles. The van der Waals surface area contributed by atoms with Crippen LogP contribution in [0.15, 0.2) is 90.2 Å². The van der Waals surface area contributed by atoms with Crippen molar-refractivity contribution in [3.63, 3.8) is 0 Å². The minimum atomic E-state index is -0.434. The molecule has 0 bridgehead atoms. The summed E-state index contributed by atoms with van der Waals surface area (Å²) in [7, 11) is 0. The first-order valence-electron chi connectivity index (χ1n) is 20.7. The molecule has 314 valence electrons. The van der Waals surface area contributed by atoms with Gasteiger partial charge in [-0.25, -0.2) is 14.5 Å². The van der Waals surface area contributed by atoms with Crippen LogP contribution in [0, 0.1) is 5.92 Å². The normalized spacial score (nSPS) is 15.9. The number of nitrogens with zero attached hydrogens (tertiary/aromatic N) is 8. The summed E-state index contributed by atoms with van der Waals surface area (Å²) in [6.45, 7) is 14.3. The molecule has 0 spiro atoms. The van der Waals surface area contributed by atoms with Gasteiger partial charge in [0.1, 0.15) is 17.3 Å². The molecule has 0 radical (unpaired) electrons. The molecule has 0 unspecified atom stereocenters. The molecule has 2 saturated heterocycles. The van der Waals surface area contributed by atoms with Crippen LogP contribution in [-0.4, -0.2) is 103 Å². The second kappa shape index (κ2) is 16.6. The van der Waals surface area contributed by atoms with Crippen molar-refractivity contribution in [3.8, 4) is 34.6 Å². The molecule has 1 amide bonds. The van der Waals surface area contributed by atoms with Gasteiger partial charge in [0.05, 0.1) is 35.1 Å². The second-order valence-corrected chi connectivity index (χ2v) is 16.8. The van der Waals surface area contributed by atoms with Gasteiger partial charge in [-0.3, -0.25) is 9.69 Å². The van der Waals surface area contributed by atoms with Crippen LogP contribution >= 0.6 is 11.6 Å². The van der Waals surface area contributed by atoms with Crippen LogP contribution in [0.4, 0.5) is 11.5 Å². The molecule has 14 nitrogen and oxygen atoms in total.